The van der Waals surface area contributed by atoms with E-state index in [4.69, 9.17) is 15.2 Å². The van der Waals surface area contributed by atoms with Gasteiger partial charge in [-0.1, -0.05) is 0 Å². The highest BCUT2D eigenvalue weighted by Gasteiger charge is 2.15. The van der Waals surface area contributed by atoms with E-state index in [1.807, 2.05) is 12.1 Å². The molecule has 19 heavy (non-hydrogen) atoms. The van der Waals surface area contributed by atoms with Crippen LogP contribution in [0.15, 0.2) is 12.1 Å². The molecular formula is C14H21N3O2. The van der Waals surface area contributed by atoms with Crippen LogP contribution in [0.5, 0.6) is 11.5 Å². The van der Waals surface area contributed by atoms with Crippen molar-refractivity contribution in [3.05, 3.63) is 17.7 Å². The lowest BCUT2D eigenvalue weighted by atomic mass is 10.1. The lowest BCUT2D eigenvalue weighted by Crippen LogP contribution is -2.44. The molecule has 0 radical (unpaired) electrons. The van der Waals surface area contributed by atoms with Crippen molar-refractivity contribution in [1.82, 2.24) is 10.2 Å². The van der Waals surface area contributed by atoms with E-state index in [1.165, 1.54) is 0 Å². The Morgan fingerprint density at radius 2 is 1.79 bits per heavy atom. The molecule has 1 aromatic carbocycles. The molecule has 2 heterocycles. The predicted molar refractivity (Wildman–Crippen MR) is 74.9 cm³/mol. The van der Waals surface area contributed by atoms with E-state index in [0.717, 1.165) is 61.9 Å². The van der Waals surface area contributed by atoms with E-state index in [0.29, 0.717) is 13.2 Å². The number of anilines is 1. The number of ether oxygens (including phenoxy) is 2. The summed E-state index contributed by atoms with van der Waals surface area (Å²) < 4.78 is 11.1. The maximum Gasteiger partial charge on any atom is 0.163 e. The highest BCUT2D eigenvalue weighted by atomic mass is 16.6. The average Bonchev–Trinajstić information content (AvgIpc) is 2.46. The second-order valence-corrected chi connectivity index (χ2v) is 5.04. The molecule has 3 rings (SSSR count). The van der Waals surface area contributed by atoms with Gasteiger partial charge in [0.15, 0.2) is 11.5 Å². The molecule has 0 atom stereocenters. The van der Waals surface area contributed by atoms with Gasteiger partial charge in [-0.2, -0.15) is 0 Å². The van der Waals surface area contributed by atoms with Crippen molar-refractivity contribution in [2.75, 3.05) is 51.7 Å². The van der Waals surface area contributed by atoms with Crippen LogP contribution >= 0.6 is 0 Å². The van der Waals surface area contributed by atoms with Gasteiger partial charge in [-0.05, 0) is 18.1 Å². The maximum absolute atomic E-state index is 6.09. The van der Waals surface area contributed by atoms with Crippen LogP contribution in [0, 0.1) is 0 Å². The van der Waals surface area contributed by atoms with E-state index < -0.39 is 0 Å². The van der Waals surface area contributed by atoms with Crippen molar-refractivity contribution >= 4 is 5.69 Å². The van der Waals surface area contributed by atoms with Gasteiger partial charge in [-0.25, -0.2) is 0 Å². The molecule has 104 valence electrons. The zero-order valence-electron chi connectivity index (χ0n) is 11.2. The number of nitrogens with two attached hydrogens (primary N) is 1. The topological polar surface area (TPSA) is 59.8 Å². The molecule has 5 heteroatoms. The van der Waals surface area contributed by atoms with Gasteiger partial charge >= 0.3 is 0 Å². The Balaban J connectivity index is 1.66. The van der Waals surface area contributed by atoms with Gasteiger partial charge in [-0.3, -0.25) is 0 Å². The van der Waals surface area contributed by atoms with Crippen LogP contribution in [0.4, 0.5) is 5.69 Å². The van der Waals surface area contributed by atoms with E-state index in [1.54, 1.807) is 0 Å². The molecule has 0 unspecified atom stereocenters. The highest BCUT2D eigenvalue weighted by Crippen LogP contribution is 2.34. The van der Waals surface area contributed by atoms with Gasteiger partial charge in [0.05, 0.1) is 0 Å². The predicted octanol–water partition coefficient (Wildman–Crippen LogP) is 0.488. The van der Waals surface area contributed by atoms with Crippen LogP contribution < -0.4 is 20.5 Å². The van der Waals surface area contributed by atoms with Gasteiger partial charge in [0.2, 0.25) is 0 Å². The molecular weight excluding hydrogens is 242 g/mol. The fourth-order valence-corrected chi connectivity index (χ4v) is 2.58. The van der Waals surface area contributed by atoms with E-state index in [-0.39, 0.29) is 0 Å². The van der Waals surface area contributed by atoms with Crippen LogP contribution in [0.3, 0.4) is 0 Å². The van der Waals surface area contributed by atoms with Crippen molar-refractivity contribution in [1.29, 1.82) is 0 Å². The lowest BCUT2D eigenvalue weighted by Gasteiger charge is -2.27. The number of nitrogens with zero attached hydrogens (tertiary/aromatic N) is 1. The molecule has 0 aliphatic carbocycles. The van der Waals surface area contributed by atoms with Gasteiger partial charge in [0, 0.05) is 44.5 Å². The molecule has 0 bridgehead atoms. The maximum atomic E-state index is 6.09. The molecule has 2 aliphatic rings. The zero-order valence-corrected chi connectivity index (χ0v) is 11.2. The van der Waals surface area contributed by atoms with Crippen LogP contribution in [0.1, 0.15) is 5.56 Å². The fourth-order valence-electron chi connectivity index (χ4n) is 2.58. The standard InChI is InChI=1S/C14H21N3O2/c15-12-10-14-13(18-7-8-19-14)9-11(12)1-4-17-5-2-16-3-6-17/h9-10,16H,1-8,15H2. The minimum Gasteiger partial charge on any atom is -0.486 e. The summed E-state index contributed by atoms with van der Waals surface area (Å²) in [5.74, 6) is 1.60. The summed E-state index contributed by atoms with van der Waals surface area (Å²) in [7, 11) is 0. The number of rotatable bonds is 3. The van der Waals surface area contributed by atoms with Crippen LogP contribution in [0.2, 0.25) is 0 Å². The third-order valence-corrected chi connectivity index (χ3v) is 3.71. The number of nitrogen functional groups attached to an aromatic ring is 1. The molecule has 3 N–H and O–H groups in total. The summed E-state index contributed by atoms with van der Waals surface area (Å²) >= 11 is 0. The van der Waals surface area contributed by atoms with Crippen molar-refractivity contribution in [3.8, 4) is 11.5 Å². The summed E-state index contributed by atoms with van der Waals surface area (Å²) in [6, 6.07) is 3.92. The number of benzene rings is 1. The van der Waals surface area contributed by atoms with Gasteiger partial charge < -0.3 is 25.4 Å². The zero-order chi connectivity index (χ0) is 13.1. The lowest BCUT2D eigenvalue weighted by molar-refractivity contribution is 0.171. The van der Waals surface area contributed by atoms with Gasteiger partial charge in [0.1, 0.15) is 13.2 Å². The van der Waals surface area contributed by atoms with Crippen molar-refractivity contribution in [2.24, 2.45) is 0 Å². The highest BCUT2D eigenvalue weighted by molar-refractivity contribution is 5.58. The smallest absolute Gasteiger partial charge is 0.163 e. The van der Waals surface area contributed by atoms with Crippen molar-refractivity contribution in [2.45, 2.75) is 6.42 Å². The normalized spacial score (nSPS) is 19.4. The molecule has 5 nitrogen and oxygen atoms in total. The Bertz CT molecular complexity index is 445. The first-order chi connectivity index (χ1) is 9.33. The SMILES string of the molecule is Nc1cc2c(cc1CCN1CCNCC1)OCCO2. The largest absolute Gasteiger partial charge is 0.486 e. The summed E-state index contributed by atoms with van der Waals surface area (Å²) in [5.41, 5.74) is 8.05. The summed E-state index contributed by atoms with van der Waals surface area (Å²) in [6.45, 7) is 6.66. The molecule has 1 saturated heterocycles. The van der Waals surface area contributed by atoms with Crippen LogP contribution in [-0.2, 0) is 6.42 Å². The molecule has 1 aromatic rings. The number of nitrogens with one attached hydrogen (secondary N) is 1. The Labute approximate surface area is 113 Å². The van der Waals surface area contributed by atoms with Crippen LogP contribution in [0.25, 0.3) is 0 Å². The average molecular weight is 263 g/mol. The fraction of sp³-hybridized carbons (Fsp3) is 0.571. The molecule has 2 aliphatic heterocycles. The summed E-state index contributed by atoms with van der Waals surface area (Å²) in [4.78, 5) is 2.47. The van der Waals surface area contributed by atoms with E-state index in [9.17, 15) is 0 Å². The third-order valence-electron chi connectivity index (χ3n) is 3.71. The minimum atomic E-state index is 0.604. The molecule has 0 aromatic heterocycles. The first kappa shape index (κ1) is 12.6. The Kier molecular flexibility index (Phi) is 3.75. The second-order valence-electron chi connectivity index (χ2n) is 5.04. The van der Waals surface area contributed by atoms with Crippen molar-refractivity contribution in [3.63, 3.8) is 0 Å². The van der Waals surface area contributed by atoms with Gasteiger partial charge in [-0.15, -0.1) is 0 Å². The molecule has 1 fully saturated rings. The Hall–Kier alpha value is -1.46. The molecule has 0 saturated carbocycles. The van der Waals surface area contributed by atoms with E-state index in [2.05, 4.69) is 10.2 Å². The number of hydrogen-bond acceptors (Lipinski definition) is 5. The monoisotopic (exact) mass is 263 g/mol. The second kappa shape index (κ2) is 5.67. The number of fused-ring (bicyclic) bond motifs is 1. The summed E-state index contributed by atoms with van der Waals surface area (Å²) in [6.07, 6.45) is 0.961. The first-order valence-corrected chi connectivity index (χ1v) is 6.94. The van der Waals surface area contributed by atoms with Crippen LogP contribution in [-0.4, -0.2) is 50.8 Å². The molecule has 0 spiro atoms. The van der Waals surface area contributed by atoms with E-state index >= 15 is 0 Å². The number of piperazine rings is 1. The van der Waals surface area contributed by atoms with Crippen molar-refractivity contribution < 1.29 is 9.47 Å². The Morgan fingerprint density at radius 3 is 2.53 bits per heavy atom. The molecule has 0 amide bonds. The Morgan fingerprint density at radius 1 is 1.11 bits per heavy atom. The van der Waals surface area contributed by atoms with Gasteiger partial charge in [0.25, 0.3) is 0 Å². The summed E-state index contributed by atoms with van der Waals surface area (Å²) in [5, 5.41) is 3.36. The number of hydrogen-bond donors (Lipinski definition) is 2. The first-order valence-electron chi connectivity index (χ1n) is 6.94. The third kappa shape index (κ3) is 2.93. The quantitative estimate of drug-likeness (QED) is 0.777. The minimum absolute atomic E-state index is 0.604.